The van der Waals surface area contributed by atoms with Gasteiger partial charge in [-0.2, -0.15) is 15.1 Å². The van der Waals surface area contributed by atoms with Crippen LogP contribution in [0.4, 0.5) is 14.6 Å². The van der Waals surface area contributed by atoms with Crippen molar-refractivity contribution in [3.8, 4) is 17.3 Å². The summed E-state index contributed by atoms with van der Waals surface area (Å²) < 4.78 is 37.6. The molecule has 2 atom stereocenters. The van der Waals surface area contributed by atoms with Crippen molar-refractivity contribution in [3.63, 3.8) is 0 Å². The number of Topliss-reactive ketones (excluding diaryl/α,β-unsaturated/α-hetero) is 1. The molecule has 6 heterocycles. The van der Waals surface area contributed by atoms with E-state index in [0.717, 1.165) is 72.7 Å². The zero-order valence-electron chi connectivity index (χ0n) is 24.3. The first-order valence-corrected chi connectivity index (χ1v) is 15.5. The number of alkyl halides is 1. The number of nitrogens with zero attached hydrogens (tertiary/aromatic N) is 6. The number of fused-ring (bicyclic) bond motifs is 3. The fourth-order valence-electron chi connectivity index (χ4n) is 7.72. The van der Waals surface area contributed by atoms with Gasteiger partial charge in [-0.3, -0.25) is 19.8 Å². The van der Waals surface area contributed by atoms with Gasteiger partial charge < -0.3 is 9.64 Å². The highest BCUT2D eigenvalue weighted by molar-refractivity contribution is 6.00. The van der Waals surface area contributed by atoms with E-state index in [4.69, 9.17) is 14.7 Å². The third-order valence-corrected chi connectivity index (χ3v) is 9.89. The van der Waals surface area contributed by atoms with Crippen molar-refractivity contribution < 1.29 is 18.3 Å². The summed E-state index contributed by atoms with van der Waals surface area (Å²) in [5.41, 5.74) is 3.70. The molecule has 4 fully saturated rings. The highest BCUT2D eigenvalue weighted by atomic mass is 19.1. The number of nitrogens with one attached hydrogen (secondary N) is 1. The third kappa shape index (κ3) is 4.54. The molecule has 3 aromatic heterocycles. The molecule has 3 saturated heterocycles. The molecule has 0 spiro atoms. The molecule has 1 aliphatic carbocycles. The number of pyridine rings is 1. The number of ketones is 1. The van der Waals surface area contributed by atoms with Crippen molar-refractivity contribution in [1.29, 1.82) is 0 Å². The van der Waals surface area contributed by atoms with Crippen LogP contribution < -0.4 is 9.64 Å². The van der Waals surface area contributed by atoms with Crippen LogP contribution in [0.1, 0.15) is 68.4 Å². The van der Waals surface area contributed by atoms with Crippen LogP contribution in [0, 0.1) is 12.7 Å². The predicted octanol–water partition coefficient (Wildman–Crippen LogP) is 5.41. The van der Waals surface area contributed by atoms with E-state index in [1.165, 1.54) is 0 Å². The number of hydrogen-bond donors (Lipinski definition) is 1. The lowest BCUT2D eigenvalue weighted by Gasteiger charge is -2.31. The second-order valence-electron chi connectivity index (χ2n) is 12.9. The number of anilines is 1. The minimum Gasteiger partial charge on any atom is -0.461 e. The minimum atomic E-state index is -0.888. The molecule has 0 radical (unpaired) electrons. The number of ether oxygens (including phenoxy) is 1. The van der Waals surface area contributed by atoms with Gasteiger partial charge in [0.2, 0.25) is 0 Å². The lowest BCUT2D eigenvalue weighted by molar-refractivity contribution is -0.117. The van der Waals surface area contributed by atoms with Crippen molar-refractivity contribution in [2.75, 3.05) is 37.7 Å². The van der Waals surface area contributed by atoms with Gasteiger partial charge in [0.15, 0.2) is 11.6 Å². The summed E-state index contributed by atoms with van der Waals surface area (Å²) in [4.78, 5) is 30.8. The largest absolute Gasteiger partial charge is 0.461 e. The van der Waals surface area contributed by atoms with Crippen LogP contribution in [0.25, 0.3) is 33.1 Å². The molecule has 0 bridgehead atoms. The molecule has 11 heteroatoms. The average molecular weight is 588 g/mol. The van der Waals surface area contributed by atoms with E-state index in [9.17, 15) is 9.18 Å². The molecule has 4 aliphatic rings. The van der Waals surface area contributed by atoms with E-state index in [0.29, 0.717) is 43.1 Å². The smallest absolute Gasteiger partial charge is 0.319 e. The maximum atomic E-state index is 16.9. The quantitative estimate of drug-likeness (QED) is 0.320. The Kier molecular flexibility index (Phi) is 6.36. The zero-order chi connectivity index (χ0) is 29.3. The molecule has 43 heavy (non-hydrogen) atoms. The number of aryl methyl sites for hydroxylation is 1. The van der Waals surface area contributed by atoms with Crippen molar-refractivity contribution >= 4 is 33.4 Å². The average Bonchev–Trinajstić information content (AvgIpc) is 3.54. The summed E-state index contributed by atoms with van der Waals surface area (Å²) in [6.07, 6.45) is 8.97. The second-order valence-corrected chi connectivity index (χ2v) is 12.9. The van der Waals surface area contributed by atoms with Crippen LogP contribution >= 0.6 is 0 Å². The van der Waals surface area contributed by atoms with Crippen LogP contribution in [-0.4, -0.2) is 80.3 Å². The van der Waals surface area contributed by atoms with Gasteiger partial charge in [-0.15, -0.1) is 0 Å². The molecule has 3 aliphatic heterocycles. The van der Waals surface area contributed by atoms with E-state index in [1.54, 1.807) is 12.4 Å². The standard InChI is InChI=1S/C32H35F2N7O2/c1-18-11-24-22(14-36-39-24)26(25(18)19-6-7-19)29-27(34)28-23(13-35-29)30(40-9-3-2-5-21(42)16-40)38-31(37-28)43-17-32-8-4-10-41(32)15-20(33)12-32/h11,13-14,19-20H,2-10,12,15-17H2,1H3,(H,36,39)/t20-,32+/m1/s1. The van der Waals surface area contributed by atoms with Crippen molar-refractivity contribution in [3.05, 3.63) is 35.4 Å². The van der Waals surface area contributed by atoms with E-state index < -0.39 is 17.5 Å². The predicted molar refractivity (Wildman–Crippen MR) is 159 cm³/mol. The highest BCUT2D eigenvalue weighted by Crippen LogP contribution is 2.49. The molecule has 4 aromatic rings. The fraction of sp³-hybridized carbons (Fsp3) is 0.531. The maximum Gasteiger partial charge on any atom is 0.319 e. The molecule has 1 aromatic carbocycles. The molecule has 224 valence electrons. The van der Waals surface area contributed by atoms with Crippen molar-refractivity contribution in [2.24, 2.45) is 0 Å². The van der Waals surface area contributed by atoms with Crippen LogP contribution in [0.2, 0.25) is 0 Å². The summed E-state index contributed by atoms with van der Waals surface area (Å²) in [7, 11) is 0. The highest BCUT2D eigenvalue weighted by Gasteiger charge is 2.49. The summed E-state index contributed by atoms with van der Waals surface area (Å²) in [5, 5.41) is 8.55. The van der Waals surface area contributed by atoms with Crippen LogP contribution in [0.5, 0.6) is 6.01 Å². The maximum absolute atomic E-state index is 16.9. The SMILES string of the molecule is Cc1cc2[nH]ncc2c(-c2ncc3c(N4CCCCC(=O)C4)nc(OC[C@@]45CCCN4C[C@H](F)C5)nc3c2F)c1C1CC1. The molecule has 8 rings (SSSR count). The van der Waals surface area contributed by atoms with Crippen molar-refractivity contribution in [1.82, 2.24) is 30.0 Å². The van der Waals surface area contributed by atoms with Crippen LogP contribution in [0.15, 0.2) is 18.5 Å². The summed E-state index contributed by atoms with van der Waals surface area (Å²) >= 11 is 0. The number of aromatic nitrogens is 5. The number of carbonyl (C=O) groups is 1. The summed E-state index contributed by atoms with van der Waals surface area (Å²) in [6.45, 7) is 4.34. The molecular formula is C32H35F2N7O2. The topological polar surface area (TPSA) is 100 Å². The van der Waals surface area contributed by atoms with Gasteiger partial charge in [0.1, 0.15) is 29.8 Å². The Balaban J connectivity index is 1.27. The number of hydrogen-bond acceptors (Lipinski definition) is 8. The number of carbonyl (C=O) groups excluding carboxylic acids is 1. The summed E-state index contributed by atoms with van der Waals surface area (Å²) in [6, 6.07) is 2.11. The molecule has 0 unspecified atom stereocenters. The molecule has 1 saturated carbocycles. The Morgan fingerprint density at radius 2 is 2.02 bits per heavy atom. The van der Waals surface area contributed by atoms with Gasteiger partial charge in [-0.1, -0.05) is 0 Å². The van der Waals surface area contributed by atoms with Crippen LogP contribution in [0.3, 0.4) is 0 Å². The number of rotatable bonds is 6. The first-order chi connectivity index (χ1) is 20.9. The molecular weight excluding hydrogens is 552 g/mol. The molecule has 9 nitrogen and oxygen atoms in total. The minimum absolute atomic E-state index is 0.0406. The van der Waals surface area contributed by atoms with E-state index >= 15 is 4.39 Å². The van der Waals surface area contributed by atoms with Crippen LogP contribution in [-0.2, 0) is 4.79 Å². The van der Waals surface area contributed by atoms with Crippen molar-refractivity contribution in [2.45, 2.75) is 75.9 Å². The molecule has 1 N–H and O–H groups in total. The monoisotopic (exact) mass is 587 g/mol. The van der Waals surface area contributed by atoms with Gasteiger partial charge in [-0.05, 0) is 75.1 Å². The Morgan fingerprint density at radius 3 is 2.88 bits per heavy atom. The van der Waals surface area contributed by atoms with E-state index in [-0.39, 0.29) is 36.2 Å². The van der Waals surface area contributed by atoms with Gasteiger partial charge in [0, 0.05) is 43.1 Å². The Bertz CT molecular complexity index is 1760. The normalized spacial score (nSPS) is 24.7. The number of benzene rings is 1. The first kappa shape index (κ1) is 26.9. The van der Waals surface area contributed by atoms with Gasteiger partial charge in [0.05, 0.1) is 29.2 Å². The van der Waals surface area contributed by atoms with Gasteiger partial charge >= 0.3 is 6.01 Å². The Morgan fingerprint density at radius 1 is 1.14 bits per heavy atom. The van der Waals surface area contributed by atoms with E-state index in [1.807, 2.05) is 4.90 Å². The Labute approximate surface area is 248 Å². The summed E-state index contributed by atoms with van der Waals surface area (Å²) in [5.74, 6) is 0.373. The Hall–Kier alpha value is -3.73. The zero-order valence-corrected chi connectivity index (χ0v) is 24.3. The van der Waals surface area contributed by atoms with Gasteiger partial charge in [-0.25, -0.2) is 8.78 Å². The molecule has 0 amide bonds. The number of H-pyrrole nitrogens is 1. The first-order valence-electron chi connectivity index (χ1n) is 15.5. The number of halogens is 2. The lowest BCUT2D eigenvalue weighted by atomic mass is 9.92. The second kappa shape index (κ2) is 10.2. The fourth-order valence-corrected chi connectivity index (χ4v) is 7.72. The van der Waals surface area contributed by atoms with Gasteiger partial charge in [0.25, 0.3) is 0 Å². The number of aromatic amines is 1. The van der Waals surface area contributed by atoms with E-state index in [2.05, 4.69) is 33.1 Å². The third-order valence-electron chi connectivity index (χ3n) is 9.89. The lowest BCUT2D eigenvalue weighted by Crippen LogP contribution is -2.43.